The van der Waals surface area contributed by atoms with E-state index in [0.29, 0.717) is 26.4 Å². The van der Waals surface area contributed by atoms with Crippen LogP contribution in [0.1, 0.15) is 273 Å². The summed E-state index contributed by atoms with van der Waals surface area (Å²) in [6.45, 7) is 20.0. The zero-order valence-corrected chi connectivity index (χ0v) is 46.6. The molecule has 0 aromatic carbocycles. The van der Waals surface area contributed by atoms with Gasteiger partial charge in [-0.05, 0) is 51.6 Å². The summed E-state index contributed by atoms with van der Waals surface area (Å²) in [4.78, 5) is 4.98. The minimum Gasteiger partial charge on any atom is -0.378 e. The molecule has 0 radical (unpaired) electrons. The van der Waals surface area contributed by atoms with Crippen molar-refractivity contribution in [1.82, 2.24) is 9.80 Å². The molecule has 0 aliphatic carbocycles. The molecule has 0 N–H and O–H groups in total. The fourth-order valence-corrected chi connectivity index (χ4v) is 15.6. The number of nitrogens with zero attached hydrogens (tertiary/aromatic N) is 2. The Hall–Kier alpha value is 0.300. The summed E-state index contributed by atoms with van der Waals surface area (Å²) < 4.78 is 41.7. The minimum absolute atomic E-state index is 0.597. The molecule has 0 fully saturated rings. The molecule has 8 heteroatoms. The molecule has 0 saturated heterocycles. The summed E-state index contributed by atoms with van der Waals surface area (Å²) in [6.07, 6.45) is 51.5. The highest BCUT2D eigenvalue weighted by Crippen LogP contribution is 2.49. The predicted octanol–water partition coefficient (Wildman–Crippen LogP) is 18.4. The minimum atomic E-state index is -2.26. The Balaban J connectivity index is 5.08. The van der Waals surface area contributed by atoms with Gasteiger partial charge in [0.15, 0.2) is 0 Å². The third kappa shape index (κ3) is 43.6. The highest BCUT2D eigenvalue weighted by Gasteiger charge is 2.26. The number of hydrogen-bond donors (Lipinski definition) is 0. The Morgan fingerprint density at radius 1 is 0.266 bits per heavy atom. The van der Waals surface area contributed by atoms with Gasteiger partial charge in [0.1, 0.15) is 14.3 Å². The van der Waals surface area contributed by atoms with Gasteiger partial charge in [-0.15, -0.1) is 0 Å². The van der Waals surface area contributed by atoms with Crippen LogP contribution in [0.5, 0.6) is 0 Å². The maximum atomic E-state index is 14.7. The van der Waals surface area contributed by atoms with E-state index < -0.39 is 14.3 Å². The lowest BCUT2D eigenvalue weighted by atomic mass is 10.1. The van der Waals surface area contributed by atoms with E-state index in [4.69, 9.17) is 9.47 Å². The smallest absolute Gasteiger partial charge is 0.101 e. The first-order valence-corrected chi connectivity index (χ1v) is 33.6. The van der Waals surface area contributed by atoms with Crippen molar-refractivity contribution in [1.29, 1.82) is 0 Å². The van der Waals surface area contributed by atoms with Gasteiger partial charge in [-0.2, -0.15) is 0 Å². The molecule has 0 saturated carbocycles. The van der Waals surface area contributed by atoms with E-state index in [-0.39, 0.29) is 0 Å². The van der Waals surface area contributed by atoms with E-state index in [1.165, 1.54) is 180 Å². The molecular formula is C56H118N2O4P2. The van der Waals surface area contributed by atoms with Crippen LogP contribution < -0.4 is 0 Å². The molecule has 0 amide bonds. The van der Waals surface area contributed by atoms with Gasteiger partial charge in [0, 0.05) is 37.7 Å². The summed E-state index contributed by atoms with van der Waals surface area (Å²) in [5.41, 5.74) is 0. The van der Waals surface area contributed by atoms with Crippen LogP contribution in [0.3, 0.4) is 0 Å². The summed E-state index contributed by atoms with van der Waals surface area (Å²) >= 11 is 0. The Kier molecular flexibility index (Phi) is 49.9. The SMILES string of the molecule is CCCCCCCCCCP(=O)(CCCCCCCCCC)CN(CCCC)CCOCCOCCN(CCCC)CP(=O)(CCCCCCCCCC)CCCCCCCCCC. The lowest BCUT2D eigenvalue weighted by Crippen LogP contribution is -2.32. The van der Waals surface area contributed by atoms with Crippen LogP contribution in [0.25, 0.3) is 0 Å². The summed E-state index contributed by atoms with van der Waals surface area (Å²) in [7, 11) is -4.52. The number of hydrogen-bond acceptors (Lipinski definition) is 6. The number of ether oxygens (including phenoxy) is 2. The fraction of sp³-hybridized carbons (Fsp3) is 1.00. The molecule has 0 aromatic rings. The molecule has 64 heavy (non-hydrogen) atoms. The van der Waals surface area contributed by atoms with Gasteiger partial charge in [0.2, 0.25) is 0 Å². The Bertz CT molecular complexity index is 889. The molecule has 0 unspecified atom stereocenters. The van der Waals surface area contributed by atoms with Crippen molar-refractivity contribution < 1.29 is 18.6 Å². The molecule has 0 aromatic heterocycles. The third-order valence-corrected chi connectivity index (χ3v) is 20.1. The number of rotatable bonds is 55. The van der Waals surface area contributed by atoms with Gasteiger partial charge in [-0.3, -0.25) is 9.80 Å². The van der Waals surface area contributed by atoms with Gasteiger partial charge in [0.25, 0.3) is 0 Å². The number of unbranched alkanes of at least 4 members (excludes halogenated alkanes) is 30. The largest absolute Gasteiger partial charge is 0.378 e. The Morgan fingerprint density at radius 3 is 0.719 bits per heavy atom. The first kappa shape index (κ1) is 64.3. The van der Waals surface area contributed by atoms with Crippen LogP contribution in [0.15, 0.2) is 0 Å². The van der Waals surface area contributed by atoms with Crippen molar-refractivity contribution in [3.63, 3.8) is 0 Å². The van der Waals surface area contributed by atoms with Crippen LogP contribution >= 0.6 is 14.3 Å². The van der Waals surface area contributed by atoms with Crippen molar-refractivity contribution in [3.8, 4) is 0 Å². The topological polar surface area (TPSA) is 59.1 Å². The van der Waals surface area contributed by atoms with Crippen LogP contribution in [-0.4, -0.2) is 99.6 Å². The molecule has 6 nitrogen and oxygen atoms in total. The Morgan fingerprint density at radius 2 is 0.484 bits per heavy atom. The molecule has 0 aliphatic rings. The van der Waals surface area contributed by atoms with E-state index in [1.807, 2.05) is 0 Å². The van der Waals surface area contributed by atoms with Crippen molar-refractivity contribution in [2.75, 3.05) is 89.8 Å². The first-order chi connectivity index (χ1) is 31.3. The zero-order valence-electron chi connectivity index (χ0n) is 44.8. The molecule has 0 heterocycles. The third-order valence-electron chi connectivity index (χ3n) is 13.7. The normalized spacial score (nSPS) is 12.4. The second-order valence-electron chi connectivity index (χ2n) is 20.4. The highest BCUT2D eigenvalue weighted by molar-refractivity contribution is 7.64. The summed E-state index contributed by atoms with van der Waals surface area (Å²) in [6, 6.07) is 0. The zero-order chi connectivity index (χ0) is 46.9. The van der Waals surface area contributed by atoms with Crippen molar-refractivity contribution >= 4 is 14.3 Å². The van der Waals surface area contributed by atoms with E-state index >= 15 is 0 Å². The summed E-state index contributed by atoms with van der Waals surface area (Å²) in [5, 5.41) is 0. The maximum Gasteiger partial charge on any atom is 0.101 e. The van der Waals surface area contributed by atoms with Gasteiger partial charge in [0.05, 0.1) is 39.0 Å². The maximum absolute atomic E-state index is 14.7. The van der Waals surface area contributed by atoms with Gasteiger partial charge >= 0.3 is 0 Å². The molecule has 0 rings (SSSR count). The van der Waals surface area contributed by atoms with Crippen LogP contribution in [0, 0.1) is 0 Å². The van der Waals surface area contributed by atoms with Crippen molar-refractivity contribution in [2.24, 2.45) is 0 Å². The van der Waals surface area contributed by atoms with Crippen LogP contribution in [0.4, 0.5) is 0 Å². The lowest BCUT2D eigenvalue weighted by Gasteiger charge is -2.28. The highest BCUT2D eigenvalue weighted by atomic mass is 31.2. The molecule has 0 aliphatic heterocycles. The predicted molar refractivity (Wildman–Crippen MR) is 289 cm³/mol. The quantitative estimate of drug-likeness (QED) is 0.0447. The van der Waals surface area contributed by atoms with E-state index in [0.717, 1.165) is 115 Å². The molecular weight excluding hydrogens is 827 g/mol. The van der Waals surface area contributed by atoms with E-state index in [2.05, 4.69) is 51.3 Å². The molecule has 0 bridgehead atoms. The average molecular weight is 946 g/mol. The lowest BCUT2D eigenvalue weighted by molar-refractivity contribution is 0.0336. The van der Waals surface area contributed by atoms with Gasteiger partial charge in [-0.1, -0.05) is 234 Å². The molecule has 0 atom stereocenters. The van der Waals surface area contributed by atoms with Gasteiger partial charge < -0.3 is 18.6 Å². The molecule has 0 spiro atoms. The fourth-order valence-electron chi connectivity index (χ4n) is 9.35. The standard InChI is InChI=1S/C56H118N2O4P2/c1-7-13-19-23-27-31-35-39-51-63(59,52-40-36-32-28-24-20-14-8-2)55-57(43-17-11-5)45-47-61-49-50-62-48-46-58(44-18-12-6)56-64(60,53-41-37-33-29-25-21-15-9-3)54-42-38-34-30-26-22-16-10-4/h7-56H2,1-6H3. The molecule has 386 valence electrons. The van der Waals surface area contributed by atoms with Crippen LogP contribution in [-0.2, 0) is 18.6 Å². The van der Waals surface area contributed by atoms with E-state index in [1.54, 1.807) is 0 Å². The van der Waals surface area contributed by atoms with Crippen molar-refractivity contribution in [3.05, 3.63) is 0 Å². The second kappa shape index (κ2) is 49.7. The van der Waals surface area contributed by atoms with E-state index in [9.17, 15) is 9.13 Å². The van der Waals surface area contributed by atoms with Crippen molar-refractivity contribution in [2.45, 2.75) is 273 Å². The monoisotopic (exact) mass is 945 g/mol. The Labute approximate surface area is 403 Å². The van der Waals surface area contributed by atoms with Crippen LogP contribution in [0.2, 0.25) is 0 Å². The first-order valence-electron chi connectivity index (χ1n) is 29.1. The second-order valence-corrected chi connectivity index (χ2v) is 26.9. The van der Waals surface area contributed by atoms with Gasteiger partial charge in [-0.25, -0.2) is 0 Å². The average Bonchev–Trinajstić information content (AvgIpc) is 3.29. The summed E-state index contributed by atoms with van der Waals surface area (Å²) in [5.74, 6) is 0.